The van der Waals surface area contributed by atoms with Crippen LogP contribution in [-0.4, -0.2) is 38.8 Å². The Morgan fingerprint density at radius 1 is 1.08 bits per heavy atom. The molecule has 1 heterocycles. The monoisotopic (exact) mass is 408 g/mol. The summed E-state index contributed by atoms with van der Waals surface area (Å²) in [5, 5.41) is 27.9. The maximum atomic E-state index is 11.3. The van der Waals surface area contributed by atoms with E-state index in [0.717, 1.165) is 6.07 Å². The lowest BCUT2D eigenvalue weighted by molar-refractivity contribution is 0.0932. The fourth-order valence-electron chi connectivity index (χ4n) is 2.23. The van der Waals surface area contributed by atoms with Gasteiger partial charge >= 0.3 is 0 Å². The molecule has 0 spiro atoms. The molecule has 2 aromatic rings. The van der Waals surface area contributed by atoms with Crippen LogP contribution in [0.3, 0.4) is 0 Å². The first-order valence-electron chi connectivity index (χ1n) is 7.52. The highest BCUT2D eigenvalue weighted by atomic mass is 79.9. The lowest BCUT2D eigenvalue weighted by Crippen LogP contribution is -2.14. The van der Waals surface area contributed by atoms with E-state index in [4.69, 9.17) is 14.9 Å². The third kappa shape index (κ3) is 4.96. The summed E-state index contributed by atoms with van der Waals surface area (Å²) in [7, 11) is 0. The Morgan fingerprint density at radius 2 is 1.76 bits per heavy atom. The van der Waals surface area contributed by atoms with Crippen LogP contribution < -0.4 is 4.74 Å². The van der Waals surface area contributed by atoms with Crippen molar-refractivity contribution in [2.75, 3.05) is 11.9 Å². The SMILES string of the molecule is O=C(CCBr)c1ccc(O)cc1O.O=C1CCOc2cc(O)ccc21. The van der Waals surface area contributed by atoms with Crippen molar-refractivity contribution in [1.29, 1.82) is 0 Å². The van der Waals surface area contributed by atoms with Crippen molar-refractivity contribution in [3.05, 3.63) is 47.5 Å². The van der Waals surface area contributed by atoms with Crippen LogP contribution in [0.4, 0.5) is 0 Å². The van der Waals surface area contributed by atoms with E-state index >= 15 is 0 Å². The van der Waals surface area contributed by atoms with Crippen LogP contribution in [0.2, 0.25) is 0 Å². The van der Waals surface area contributed by atoms with Gasteiger partial charge in [-0.05, 0) is 24.3 Å². The second kappa shape index (κ2) is 8.53. The normalized spacial score (nSPS) is 12.4. The van der Waals surface area contributed by atoms with E-state index in [1.165, 1.54) is 24.3 Å². The van der Waals surface area contributed by atoms with Crippen LogP contribution >= 0.6 is 15.9 Å². The zero-order valence-electron chi connectivity index (χ0n) is 13.2. The van der Waals surface area contributed by atoms with Gasteiger partial charge in [-0.15, -0.1) is 0 Å². The van der Waals surface area contributed by atoms with Crippen LogP contribution in [0.25, 0.3) is 0 Å². The summed E-state index contributed by atoms with van der Waals surface area (Å²) in [6.45, 7) is 0.412. The molecule has 0 radical (unpaired) electrons. The number of carbonyl (C=O) groups excluding carboxylic acids is 2. The highest BCUT2D eigenvalue weighted by Gasteiger charge is 2.18. The molecule has 0 fully saturated rings. The van der Waals surface area contributed by atoms with Crippen molar-refractivity contribution in [3.8, 4) is 23.0 Å². The van der Waals surface area contributed by atoms with Crippen LogP contribution in [0, 0.1) is 0 Å². The zero-order chi connectivity index (χ0) is 18.4. The number of carbonyl (C=O) groups is 2. The first-order valence-corrected chi connectivity index (χ1v) is 8.64. The van der Waals surface area contributed by atoms with E-state index in [1.807, 2.05) is 0 Å². The Hall–Kier alpha value is -2.54. The van der Waals surface area contributed by atoms with E-state index in [0.29, 0.717) is 36.1 Å². The van der Waals surface area contributed by atoms with E-state index in [2.05, 4.69) is 15.9 Å². The molecule has 0 unspecified atom stereocenters. The molecule has 6 nitrogen and oxygen atoms in total. The van der Waals surface area contributed by atoms with Crippen molar-refractivity contribution in [3.63, 3.8) is 0 Å². The molecule has 1 aliphatic heterocycles. The largest absolute Gasteiger partial charge is 0.508 e. The van der Waals surface area contributed by atoms with Gasteiger partial charge in [-0.25, -0.2) is 0 Å². The van der Waals surface area contributed by atoms with Gasteiger partial charge in [0, 0.05) is 30.3 Å². The maximum Gasteiger partial charge on any atom is 0.169 e. The Labute approximate surface area is 152 Å². The smallest absolute Gasteiger partial charge is 0.169 e. The molecule has 3 N–H and O–H groups in total. The van der Waals surface area contributed by atoms with Gasteiger partial charge in [0.15, 0.2) is 11.6 Å². The molecule has 0 atom stereocenters. The Morgan fingerprint density at radius 3 is 2.44 bits per heavy atom. The number of hydrogen-bond acceptors (Lipinski definition) is 6. The van der Waals surface area contributed by atoms with Crippen molar-refractivity contribution in [2.45, 2.75) is 12.8 Å². The van der Waals surface area contributed by atoms with E-state index in [1.54, 1.807) is 6.07 Å². The summed E-state index contributed by atoms with van der Waals surface area (Å²) in [5.41, 5.74) is 0.816. The highest BCUT2D eigenvalue weighted by Crippen LogP contribution is 2.28. The van der Waals surface area contributed by atoms with Crippen molar-refractivity contribution < 1.29 is 29.6 Å². The Bertz CT molecular complexity index is 787. The number of halogens is 1. The molecule has 2 aromatic carbocycles. The number of benzene rings is 2. The fourth-order valence-corrected chi connectivity index (χ4v) is 2.59. The molecular formula is C18H17BrO6. The quantitative estimate of drug-likeness (QED) is 0.530. The molecule has 1 aliphatic rings. The van der Waals surface area contributed by atoms with E-state index < -0.39 is 0 Å². The number of ether oxygens (including phenoxy) is 1. The van der Waals surface area contributed by atoms with Crippen molar-refractivity contribution in [2.24, 2.45) is 0 Å². The number of fused-ring (bicyclic) bond motifs is 1. The molecule has 0 saturated carbocycles. The third-order valence-corrected chi connectivity index (χ3v) is 3.85. The maximum absolute atomic E-state index is 11.3. The second-order valence-electron chi connectivity index (χ2n) is 5.27. The summed E-state index contributed by atoms with van der Waals surface area (Å²) in [6.07, 6.45) is 0.760. The number of ketones is 2. The standard InChI is InChI=1S/C9H9BrO3.C9H8O3/c10-4-3-8(12)7-2-1-6(11)5-9(7)13;10-6-1-2-7-8(11)3-4-12-9(7)5-6/h1-2,5,11,13H,3-4H2;1-2,5,10H,3-4H2. The topological polar surface area (TPSA) is 104 Å². The number of alkyl halides is 1. The van der Waals surface area contributed by atoms with Gasteiger partial charge in [-0.3, -0.25) is 9.59 Å². The lowest BCUT2D eigenvalue weighted by atomic mass is 10.1. The van der Waals surface area contributed by atoms with E-state index in [-0.39, 0.29) is 34.4 Å². The Balaban J connectivity index is 0.000000181. The van der Waals surface area contributed by atoms with Gasteiger partial charge in [0.1, 0.15) is 23.0 Å². The van der Waals surface area contributed by atoms with Crippen molar-refractivity contribution in [1.82, 2.24) is 0 Å². The molecule has 132 valence electrons. The van der Waals surface area contributed by atoms with Gasteiger partial charge in [-0.2, -0.15) is 0 Å². The minimum atomic E-state index is -0.175. The number of hydrogen-bond donors (Lipinski definition) is 3. The van der Waals surface area contributed by atoms with Crippen LogP contribution in [-0.2, 0) is 0 Å². The average molecular weight is 409 g/mol. The number of rotatable bonds is 3. The fraction of sp³-hybridized carbons (Fsp3) is 0.222. The minimum absolute atomic E-state index is 0.0482. The number of phenolic OH excluding ortho intramolecular Hbond substituents is 3. The van der Waals surface area contributed by atoms with Crippen LogP contribution in [0.1, 0.15) is 33.6 Å². The van der Waals surface area contributed by atoms with Gasteiger partial charge in [0.2, 0.25) is 0 Å². The lowest BCUT2D eigenvalue weighted by Gasteiger charge is -2.15. The zero-order valence-corrected chi connectivity index (χ0v) is 14.8. The summed E-state index contributed by atoms with van der Waals surface area (Å²) in [4.78, 5) is 22.5. The summed E-state index contributed by atoms with van der Waals surface area (Å²) < 4.78 is 5.19. The molecule has 0 saturated heterocycles. The summed E-state index contributed by atoms with van der Waals surface area (Å²) in [5.74, 6) is 0.333. The van der Waals surface area contributed by atoms with Gasteiger partial charge in [0.25, 0.3) is 0 Å². The molecule has 7 heteroatoms. The van der Waals surface area contributed by atoms with Crippen molar-refractivity contribution >= 4 is 27.5 Å². The predicted molar refractivity (Wildman–Crippen MR) is 95.1 cm³/mol. The summed E-state index contributed by atoms with van der Waals surface area (Å²) >= 11 is 3.13. The molecule has 0 aliphatic carbocycles. The second-order valence-corrected chi connectivity index (χ2v) is 6.06. The molecule has 0 aromatic heterocycles. The molecule has 3 rings (SSSR count). The number of aromatic hydroxyl groups is 3. The molecule has 0 bridgehead atoms. The van der Waals surface area contributed by atoms with Crippen LogP contribution in [0.5, 0.6) is 23.0 Å². The molecule has 0 amide bonds. The highest BCUT2D eigenvalue weighted by molar-refractivity contribution is 9.09. The predicted octanol–water partition coefficient (Wildman–Crippen LogP) is 3.42. The third-order valence-electron chi connectivity index (χ3n) is 3.46. The number of Topliss-reactive ketones (excluding diaryl/α,β-unsaturated/α-hetero) is 2. The van der Waals surface area contributed by atoms with Gasteiger partial charge < -0.3 is 20.1 Å². The first kappa shape index (κ1) is 18.8. The molecule has 25 heavy (non-hydrogen) atoms. The van der Waals surface area contributed by atoms with Crippen LogP contribution in [0.15, 0.2) is 36.4 Å². The first-order chi connectivity index (χ1) is 11.9. The summed E-state index contributed by atoms with van der Waals surface area (Å²) in [6, 6.07) is 8.49. The minimum Gasteiger partial charge on any atom is -0.508 e. The van der Waals surface area contributed by atoms with E-state index in [9.17, 15) is 14.7 Å². The average Bonchev–Trinajstić information content (AvgIpc) is 2.55. The number of phenols is 3. The van der Waals surface area contributed by atoms with Gasteiger partial charge in [0.05, 0.1) is 17.7 Å². The van der Waals surface area contributed by atoms with Gasteiger partial charge in [-0.1, -0.05) is 15.9 Å². The Kier molecular flexibility index (Phi) is 6.41. The molecular weight excluding hydrogens is 392 g/mol.